The molecule has 0 atom stereocenters. The van der Waals surface area contributed by atoms with Gasteiger partial charge in [0.05, 0.1) is 9.26 Å². The van der Waals surface area contributed by atoms with E-state index in [1.54, 1.807) is 0 Å². The van der Waals surface area contributed by atoms with Crippen LogP contribution < -0.4 is 5.32 Å². The minimum Gasteiger partial charge on any atom is -0.369 e. The number of nitrogens with one attached hydrogen (secondary N) is 1. The van der Waals surface area contributed by atoms with E-state index in [0.717, 1.165) is 24.6 Å². The summed E-state index contributed by atoms with van der Waals surface area (Å²) < 4.78 is 1.22. The minimum absolute atomic E-state index is 0.608. The Kier molecular flexibility index (Phi) is 4.22. The molecule has 3 nitrogen and oxygen atoms in total. The molecule has 0 bridgehead atoms. The van der Waals surface area contributed by atoms with Crippen LogP contribution >= 0.6 is 22.6 Å². The van der Waals surface area contributed by atoms with Crippen molar-refractivity contribution in [1.82, 2.24) is 9.97 Å². The molecule has 1 heterocycles. The molecule has 0 spiro atoms. The summed E-state index contributed by atoms with van der Waals surface area (Å²) in [5.74, 6) is 3.32. The third kappa shape index (κ3) is 3.30. The van der Waals surface area contributed by atoms with E-state index in [2.05, 4.69) is 53.7 Å². The first kappa shape index (κ1) is 13.1. The van der Waals surface area contributed by atoms with Gasteiger partial charge in [-0.1, -0.05) is 13.8 Å². The molecule has 1 aliphatic rings. The van der Waals surface area contributed by atoms with Gasteiger partial charge in [-0.05, 0) is 48.3 Å². The molecule has 0 aromatic carbocycles. The SMILES string of the molecule is CCNc1nc(CC(C)C)nc(C2CC2)c1I. The zero-order valence-electron chi connectivity index (χ0n) is 10.8. The number of nitrogens with zero attached hydrogens (tertiary/aromatic N) is 2. The molecule has 0 aliphatic heterocycles. The van der Waals surface area contributed by atoms with Crippen molar-refractivity contribution in [2.24, 2.45) is 5.92 Å². The van der Waals surface area contributed by atoms with E-state index in [4.69, 9.17) is 4.98 Å². The predicted molar refractivity (Wildman–Crippen MR) is 79.4 cm³/mol. The van der Waals surface area contributed by atoms with Crippen LogP contribution in [0.1, 0.15) is 51.0 Å². The molecule has 1 N–H and O–H groups in total. The van der Waals surface area contributed by atoms with Crippen LogP contribution in [-0.2, 0) is 6.42 Å². The quantitative estimate of drug-likeness (QED) is 0.829. The van der Waals surface area contributed by atoms with Crippen molar-refractivity contribution in [2.45, 2.75) is 46.0 Å². The second-order valence-electron chi connectivity index (χ2n) is 5.09. The lowest BCUT2D eigenvalue weighted by molar-refractivity contribution is 0.617. The van der Waals surface area contributed by atoms with Gasteiger partial charge in [-0.25, -0.2) is 9.97 Å². The molecule has 4 heteroatoms. The van der Waals surface area contributed by atoms with Crippen LogP contribution in [0.15, 0.2) is 0 Å². The maximum Gasteiger partial charge on any atom is 0.143 e. The Labute approximate surface area is 117 Å². The van der Waals surface area contributed by atoms with Crippen molar-refractivity contribution >= 4 is 28.4 Å². The van der Waals surface area contributed by atoms with Crippen LogP contribution in [0.4, 0.5) is 5.82 Å². The number of anilines is 1. The van der Waals surface area contributed by atoms with Gasteiger partial charge in [0.2, 0.25) is 0 Å². The third-order valence-corrected chi connectivity index (χ3v) is 3.89. The maximum absolute atomic E-state index is 4.76. The van der Waals surface area contributed by atoms with Gasteiger partial charge in [-0.15, -0.1) is 0 Å². The zero-order chi connectivity index (χ0) is 12.4. The average molecular weight is 345 g/mol. The summed E-state index contributed by atoms with van der Waals surface area (Å²) in [6.07, 6.45) is 3.55. The monoisotopic (exact) mass is 345 g/mol. The van der Waals surface area contributed by atoms with Gasteiger partial charge in [0.1, 0.15) is 11.6 Å². The summed E-state index contributed by atoms with van der Waals surface area (Å²) in [4.78, 5) is 9.40. The molecular formula is C13H20IN3. The Balaban J connectivity index is 2.33. The Morgan fingerprint density at radius 3 is 2.59 bits per heavy atom. The molecule has 1 aliphatic carbocycles. The second-order valence-corrected chi connectivity index (χ2v) is 6.17. The first-order valence-electron chi connectivity index (χ1n) is 6.42. The Morgan fingerprint density at radius 2 is 2.06 bits per heavy atom. The molecule has 94 valence electrons. The lowest BCUT2D eigenvalue weighted by atomic mass is 10.1. The number of rotatable bonds is 5. The number of halogens is 1. The molecular weight excluding hydrogens is 325 g/mol. The number of aromatic nitrogens is 2. The van der Waals surface area contributed by atoms with Crippen LogP contribution in [0.3, 0.4) is 0 Å². The van der Waals surface area contributed by atoms with Crippen LogP contribution in [0.5, 0.6) is 0 Å². The average Bonchev–Trinajstić information content (AvgIpc) is 3.05. The fraction of sp³-hybridized carbons (Fsp3) is 0.692. The lowest BCUT2D eigenvalue weighted by Crippen LogP contribution is -2.11. The summed E-state index contributed by atoms with van der Waals surface area (Å²) in [7, 11) is 0. The van der Waals surface area contributed by atoms with Crippen molar-refractivity contribution in [3.05, 3.63) is 15.1 Å². The van der Waals surface area contributed by atoms with Gasteiger partial charge < -0.3 is 5.32 Å². The topological polar surface area (TPSA) is 37.8 Å². The first-order valence-corrected chi connectivity index (χ1v) is 7.49. The highest BCUT2D eigenvalue weighted by atomic mass is 127. The predicted octanol–water partition coefficient (Wildman–Crippen LogP) is 3.59. The minimum atomic E-state index is 0.608. The van der Waals surface area contributed by atoms with Gasteiger partial charge in [-0.2, -0.15) is 0 Å². The van der Waals surface area contributed by atoms with Crippen molar-refractivity contribution in [1.29, 1.82) is 0 Å². The number of hydrogen-bond acceptors (Lipinski definition) is 3. The van der Waals surface area contributed by atoms with E-state index >= 15 is 0 Å². The molecule has 0 radical (unpaired) electrons. The molecule has 1 fully saturated rings. The highest BCUT2D eigenvalue weighted by molar-refractivity contribution is 14.1. The van der Waals surface area contributed by atoms with Crippen molar-refractivity contribution < 1.29 is 0 Å². The smallest absolute Gasteiger partial charge is 0.143 e. The van der Waals surface area contributed by atoms with Crippen molar-refractivity contribution in [3.8, 4) is 0 Å². The second kappa shape index (κ2) is 5.50. The molecule has 1 aromatic rings. The van der Waals surface area contributed by atoms with Crippen LogP contribution in [0.25, 0.3) is 0 Å². The molecule has 1 saturated carbocycles. The number of hydrogen-bond donors (Lipinski definition) is 1. The fourth-order valence-corrected chi connectivity index (χ4v) is 2.75. The van der Waals surface area contributed by atoms with E-state index in [0.29, 0.717) is 11.8 Å². The fourth-order valence-electron chi connectivity index (χ4n) is 1.88. The Morgan fingerprint density at radius 1 is 1.35 bits per heavy atom. The van der Waals surface area contributed by atoms with Gasteiger partial charge in [0, 0.05) is 18.9 Å². The van der Waals surface area contributed by atoms with E-state index in [9.17, 15) is 0 Å². The molecule has 0 saturated heterocycles. The molecule has 0 amide bonds. The van der Waals surface area contributed by atoms with Gasteiger partial charge in [0.25, 0.3) is 0 Å². The van der Waals surface area contributed by atoms with Crippen LogP contribution in [-0.4, -0.2) is 16.5 Å². The Bertz CT molecular complexity index is 400. The van der Waals surface area contributed by atoms with E-state index in [-0.39, 0.29) is 0 Å². The summed E-state index contributed by atoms with van der Waals surface area (Å²) in [6, 6.07) is 0. The van der Waals surface area contributed by atoms with E-state index in [1.807, 2.05) is 0 Å². The normalized spacial score (nSPS) is 15.4. The van der Waals surface area contributed by atoms with Gasteiger partial charge in [0.15, 0.2) is 0 Å². The largest absolute Gasteiger partial charge is 0.369 e. The van der Waals surface area contributed by atoms with Gasteiger partial charge >= 0.3 is 0 Å². The van der Waals surface area contributed by atoms with Crippen LogP contribution in [0.2, 0.25) is 0 Å². The highest BCUT2D eigenvalue weighted by Gasteiger charge is 2.29. The van der Waals surface area contributed by atoms with Crippen molar-refractivity contribution in [2.75, 3.05) is 11.9 Å². The molecule has 2 rings (SSSR count). The maximum atomic E-state index is 4.76. The standard InChI is InChI=1S/C13H20IN3/c1-4-15-13-11(14)12(9-5-6-9)16-10(17-13)7-8(2)3/h8-9H,4-7H2,1-3H3,(H,15,16,17). The molecule has 1 aromatic heterocycles. The summed E-state index contributed by atoms with van der Waals surface area (Å²) in [5.41, 5.74) is 1.27. The summed E-state index contributed by atoms with van der Waals surface area (Å²) in [5, 5.41) is 3.35. The third-order valence-electron chi connectivity index (χ3n) is 2.82. The zero-order valence-corrected chi connectivity index (χ0v) is 12.9. The molecule has 17 heavy (non-hydrogen) atoms. The lowest BCUT2D eigenvalue weighted by Gasteiger charge is -2.12. The first-order chi connectivity index (χ1) is 8.11. The van der Waals surface area contributed by atoms with Gasteiger partial charge in [-0.3, -0.25) is 0 Å². The van der Waals surface area contributed by atoms with E-state index < -0.39 is 0 Å². The summed E-state index contributed by atoms with van der Waals surface area (Å²) in [6.45, 7) is 7.45. The van der Waals surface area contributed by atoms with Crippen molar-refractivity contribution in [3.63, 3.8) is 0 Å². The van der Waals surface area contributed by atoms with E-state index in [1.165, 1.54) is 22.1 Å². The van der Waals surface area contributed by atoms with Crippen LogP contribution in [0, 0.1) is 9.49 Å². The Hall–Kier alpha value is -0.390. The summed E-state index contributed by atoms with van der Waals surface area (Å²) >= 11 is 2.38. The molecule has 0 unspecified atom stereocenters. The highest BCUT2D eigenvalue weighted by Crippen LogP contribution is 2.42.